The van der Waals surface area contributed by atoms with Gasteiger partial charge in [0.25, 0.3) is 5.56 Å². The first-order chi connectivity index (χ1) is 23.1. The summed E-state index contributed by atoms with van der Waals surface area (Å²) in [5, 5.41) is 23.0. The number of methoxy groups -OCH3 is 1. The van der Waals surface area contributed by atoms with Crippen molar-refractivity contribution >= 4 is 11.9 Å². The minimum atomic E-state index is -4.90. The van der Waals surface area contributed by atoms with E-state index in [4.69, 9.17) is 9.47 Å². The van der Waals surface area contributed by atoms with E-state index in [0.29, 0.717) is 39.3 Å². The first-order valence-electron chi connectivity index (χ1n) is 14.9. The van der Waals surface area contributed by atoms with Crippen LogP contribution >= 0.6 is 0 Å². The van der Waals surface area contributed by atoms with Crippen LogP contribution in [-0.4, -0.2) is 40.4 Å². The number of pyridine rings is 1. The number of phenolic OH excluding ortho intramolecular Hbond substituents is 1. The molecule has 3 aromatic carbocycles. The van der Waals surface area contributed by atoms with Gasteiger partial charge in [-0.25, -0.2) is 8.78 Å². The highest BCUT2D eigenvalue weighted by Crippen LogP contribution is 2.39. The fourth-order valence-corrected chi connectivity index (χ4v) is 5.50. The van der Waals surface area contributed by atoms with Crippen molar-refractivity contribution in [2.45, 2.75) is 52.1 Å². The van der Waals surface area contributed by atoms with Crippen molar-refractivity contribution in [3.63, 3.8) is 0 Å². The summed E-state index contributed by atoms with van der Waals surface area (Å²) in [5.41, 5.74) is -2.07. The number of amides is 1. The van der Waals surface area contributed by atoms with Gasteiger partial charge in [0.05, 0.1) is 38.3 Å². The Morgan fingerprint density at radius 2 is 1.69 bits per heavy atom. The van der Waals surface area contributed by atoms with Crippen LogP contribution in [0.25, 0.3) is 11.1 Å². The molecule has 9 nitrogen and oxygen atoms in total. The minimum Gasteiger partial charge on any atom is -0.507 e. The Hall–Kier alpha value is -5.24. The van der Waals surface area contributed by atoms with Crippen molar-refractivity contribution < 1.29 is 51.2 Å². The normalized spacial score (nSPS) is 12.7. The Morgan fingerprint density at radius 3 is 2.29 bits per heavy atom. The van der Waals surface area contributed by atoms with Gasteiger partial charge in [-0.2, -0.15) is 13.2 Å². The molecule has 0 saturated carbocycles. The molecule has 0 fully saturated rings. The number of phenols is 1. The number of hydrogen-bond acceptors (Lipinski definition) is 7. The average molecular weight is 689 g/mol. The van der Waals surface area contributed by atoms with Gasteiger partial charge in [-0.05, 0) is 79.4 Å². The Morgan fingerprint density at radius 1 is 0.980 bits per heavy atom. The Labute approximate surface area is 277 Å². The third kappa shape index (κ3) is 8.08. The summed E-state index contributed by atoms with van der Waals surface area (Å²) in [4.78, 5) is 39.9. The molecule has 4 aromatic rings. The summed E-state index contributed by atoms with van der Waals surface area (Å²) in [6.07, 6.45) is -4.89. The van der Waals surface area contributed by atoms with Crippen LogP contribution in [-0.2, 0) is 27.1 Å². The lowest BCUT2D eigenvalue weighted by Gasteiger charge is -2.26. The van der Waals surface area contributed by atoms with Crippen LogP contribution in [0.2, 0.25) is 0 Å². The molecular formula is C35H33F5N2O7. The zero-order valence-electron chi connectivity index (χ0n) is 26.8. The highest BCUT2D eigenvalue weighted by Gasteiger charge is 2.34. The van der Waals surface area contributed by atoms with Crippen molar-refractivity contribution in [3.8, 4) is 22.6 Å². The molecule has 49 heavy (non-hydrogen) atoms. The molecule has 1 heterocycles. The summed E-state index contributed by atoms with van der Waals surface area (Å²) in [6.45, 7) is 3.94. The van der Waals surface area contributed by atoms with E-state index in [1.165, 1.54) is 45.2 Å². The molecule has 260 valence electrons. The van der Waals surface area contributed by atoms with E-state index in [2.05, 4.69) is 5.32 Å². The number of hydrogen-bond donors (Lipinski definition) is 3. The first-order valence-corrected chi connectivity index (χ1v) is 14.9. The van der Waals surface area contributed by atoms with E-state index in [9.17, 15) is 37.8 Å². The highest BCUT2D eigenvalue weighted by molar-refractivity contribution is 5.85. The number of rotatable bonds is 11. The fourth-order valence-electron chi connectivity index (χ4n) is 5.50. The molecule has 0 radical (unpaired) electrons. The molecule has 2 atom stereocenters. The summed E-state index contributed by atoms with van der Waals surface area (Å²) < 4.78 is 82.2. The number of aromatic hydroxyl groups is 1. The zero-order chi connectivity index (χ0) is 36.2. The maximum atomic E-state index is 15.9. The molecule has 1 aromatic heterocycles. The monoisotopic (exact) mass is 688 g/mol. The van der Waals surface area contributed by atoms with Gasteiger partial charge in [-0.1, -0.05) is 6.07 Å². The van der Waals surface area contributed by atoms with E-state index >= 15 is 8.78 Å². The van der Waals surface area contributed by atoms with Gasteiger partial charge in [0.2, 0.25) is 5.91 Å². The largest absolute Gasteiger partial charge is 0.507 e. The zero-order valence-corrected chi connectivity index (χ0v) is 26.8. The standard InChI is InChI=1S/C35H33F5N2O7/c1-5-49-30(46)16-27(25-13-21(10-19(3)32(25)37)31-18(2)11-23(48-4)15-28(31)44)41-34(47)33(24-12-20(17-43)6-7-26(24)36)42-9-8-22(14-29(42)45)35(38,39)40/h6-15,27,33,43-44H,5,16-17H2,1-4H3,(H,41,47)/t27-,33?/m0/s1. The summed E-state index contributed by atoms with van der Waals surface area (Å²) in [6, 6.07) is 6.15. The van der Waals surface area contributed by atoms with Gasteiger partial charge in [0.1, 0.15) is 29.2 Å². The van der Waals surface area contributed by atoms with Gasteiger partial charge in [-0.3, -0.25) is 19.0 Å². The van der Waals surface area contributed by atoms with Crippen LogP contribution in [0.3, 0.4) is 0 Å². The van der Waals surface area contributed by atoms with E-state index in [-0.39, 0.29) is 35.1 Å². The second-order valence-electron chi connectivity index (χ2n) is 11.2. The predicted molar refractivity (Wildman–Crippen MR) is 168 cm³/mol. The molecule has 0 spiro atoms. The van der Waals surface area contributed by atoms with Crippen molar-refractivity contribution in [2.75, 3.05) is 13.7 Å². The van der Waals surface area contributed by atoms with Gasteiger partial charge >= 0.3 is 12.1 Å². The smallest absolute Gasteiger partial charge is 0.416 e. The molecular weight excluding hydrogens is 655 g/mol. The third-order valence-corrected chi connectivity index (χ3v) is 7.80. The lowest BCUT2D eigenvalue weighted by Crippen LogP contribution is -2.41. The number of nitrogens with zero attached hydrogens (tertiary/aromatic N) is 1. The first kappa shape index (κ1) is 36.6. The molecule has 0 aliphatic rings. The predicted octanol–water partition coefficient (Wildman–Crippen LogP) is 6.04. The molecule has 1 amide bonds. The van der Waals surface area contributed by atoms with Gasteiger partial charge in [0.15, 0.2) is 0 Å². The number of benzene rings is 3. The van der Waals surface area contributed by atoms with Crippen LogP contribution in [0, 0.1) is 25.5 Å². The Balaban J connectivity index is 1.90. The fraction of sp³-hybridized carbons (Fsp3) is 0.286. The number of halogens is 5. The molecule has 4 rings (SSSR count). The summed E-state index contributed by atoms with van der Waals surface area (Å²) in [5.74, 6) is -3.80. The van der Waals surface area contributed by atoms with Crippen LogP contribution in [0.4, 0.5) is 22.0 Å². The molecule has 14 heteroatoms. The van der Waals surface area contributed by atoms with Crippen molar-refractivity contribution in [1.29, 1.82) is 0 Å². The lowest BCUT2D eigenvalue weighted by atomic mass is 9.91. The number of carbonyl (C=O) groups excluding carboxylic acids is 2. The second kappa shape index (κ2) is 14.9. The van der Waals surface area contributed by atoms with Gasteiger partial charge < -0.3 is 25.0 Å². The molecule has 1 unspecified atom stereocenters. The van der Waals surface area contributed by atoms with E-state index in [0.717, 1.165) is 12.1 Å². The number of aromatic nitrogens is 1. The molecule has 3 N–H and O–H groups in total. The topological polar surface area (TPSA) is 127 Å². The number of aliphatic hydroxyl groups excluding tert-OH is 1. The number of nitrogens with one attached hydrogen (secondary N) is 1. The lowest BCUT2D eigenvalue weighted by molar-refractivity contribution is -0.144. The van der Waals surface area contributed by atoms with Gasteiger partial charge in [-0.15, -0.1) is 0 Å². The van der Waals surface area contributed by atoms with Crippen LogP contribution in [0.5, 0.6) is 11.5 Å². The van der Waals surface area contributed by atoms with Crippen LogP contribution in [0.1, 0.15) is 58.8 Å². The summed E-state index contributed by atoms with van der Waals surface area (Å²) in [7, 11) is 1.41. The quantitative estimate of drug-likeness (QED) is 0.130. The Kier molecular flexibility index (Phi) is 11.1. The van der Waals surface area contributed by atoms with E-state index < -0.39 is 71.5 Å². The maximum Gasteiger partial charge on any atom is 0.416 e. The van der Waals surface area contributed by atoms with Gasteiger partial charge in [0, 0.05) is 35.0 Å². The number of aryl methyl sites for hydroxylation is 2. The maximum absolute atomic E-state index is 15.9. The molecule has 0 saturated heterocycles. The summed E-state index contributed by atoms with van der Waals surface area (Å²) >= 11 is 0. The van der Waals surface area contributed by atoms with E-state index in [1.807, 2.05) is 0 Å². The third-order valence-electron chi connectivity index (χ3n) is 7.80. The number of ether oxygens (including phenoxy) is 2. The second-order valence-corrected chi connectivity index (χ2v) is 11.2. The van der Waals surface area contributed by atoms with Crippen molar-refractivity contribution in [3.05, 3.63) is 116 Å². The molecule has 0 bridgehead atoms. The van der Waals surface area contributed by atoms with Crippen LogP contribution < -0.4 is 15.6 Å². The van der Waals surface area contributed by atoms with Crippen molar-refractivity contribution in [1.82, 2.24) is 9.88 Å². The number of carbonyl (C=O) groups is 2. The van der Waals surface area contributed by atoms with Crippen LogP contribution in [0.15, 0.2) is 65.6 Å². The highest BCUT2D eigenvalue weighted by atomic mass is 19.4. The number of esters is 1. The average Bonchev–Trinajstić information content (AvgIpc) is 3.03. The number of aliphatic hydroxyl groups is 1. The van der Waals surface area contributed by atoms with Crippen molar-refractivity contribution in [2.24, 2.45) is 0 Å². The minimum absolute atomic E-state index is 0.0578. The SMILES string of the molecule is CCOC(=O)C[C@H](NC(=O)C(c1cc(CO)ccc1F)n1ccc(C(F)(F)F)cc1=O)c1cc(-c2c(C)cc(OC)cc2O)cc(C)c1F. The Bertz CT molecular complexity index is 1920. The molecule has 0 aliphatic carbocycles. The molecule has 0 aliphatic heterocycles. The number of alkyl halides is 3. The van der Waals surface area contributed by atoms with E-state index in [1.54, 1.807) is 13.0 Å².